The van der Waals surface area contributed by atoms with Gasteiger partial charge < -0.3 is 9.64 Å². The zero-order valence-corrected chi connectivity index (χ0v) is 22.6. The van der Waals surface area contributed by atoms with Crippen molar-refractivity contribution < 1.29 is 22.7 Å². The number of nitrogens with zero attached hydrogens (tertiary/aromatic N) is 2. The fraction of sp³-hybridized carbons (Fsp3) is 0.346. The predicted octanol–water partition coefficient (Wildman–Crippen LogP) is 3.81. The number of benzene rings is 2. The highest BCUT2D eigenvalue weighted by molar-refractivity contribution is 8.26. The van der Waals surface area contributed by atoms with Crippen LogP contribution in [0.15, 0.2) is 53.4 Å². The molecular formula is C26H28N2O5S3. The normalized spacial score (nSPS) is 20.2. The van der Waals surface area contributed by atoms with E-state index in [0.29, 0.717) is 22.2 Å². The summed E-state index contributed by atoms with van der Waals surface area (Å²) in [5.41, 5.74) is 2.89. The van der Waals surface area contributed by atoms with Gasteiger partial charge in [0.2, 0.25) is 5.91 Å². The van der Waals surface area contributed by atoms with Crippen LogP contribution in [0.1, 0.15) is 29.5 Å². The van der Waals surface area contributed by atoms with Gasteiger partial charge in [0.1, 0.15) is 10.1 Å². The van der Waals surface area contributed by atoms with Crippen LogP contribution >= 0.6 is 24.0 Å². The summed E-state index contributed by atoms with van der Waals surface area (Å²) in [6.07, 6.45) is 2.25. The Morgan fingerprint density at radius 1 is 1.19 bits per heavy atom. The Kier molecular flexibility index (Phi) is 8.17. The molecule has 0 radical (unpaired) electrons. The third-order valence-corrected chi connectivity index (χ3v) is 9.41. The number of sulfone groups is 1. The molecule has 2 aliphatic heterocycles. The van der Waals surface area contributed by atoms with Gasteiger partial charge in [0, 0.05) is 25.6 Å². The average molecular weight is 545 g/mol. The second-order valence-electron chi connectivity index (χ2n) is 8.92. The number of hydrogen-bond acceptors (Lipinski definition) is 7. The van der Waals surface area contributed by atoms with Gasteiger partial charge in [-0.3, -0.25) is 14.5 Å². The Balaban J connectivity index is 1.44. The van der Waals surface area contributed by atoms with E-state index in [9.17, 15) is 18.0 Å². The number of hydrogen-bond donors (Lipinski definition) is 0. The van der Waals surface area contributed by atoms with Crippen LogP contribution in [0.2, 0.25) is 0 Å². The summed E-state index contributed by atoms with van der Waals surface area (Å²) in [5.74, 6) is 0.354. The Morgan fingerprint density at radius 3 is 2.50 bits per heavy atom. The van der Waals surface area contributed by atoms with Gasteiger partial charge >= 0.3 is 0 Å². The lowest BCUT2D eigenvalue weighted by Crippen LogP contribution is -2.42. The van der Waals surface area contributed by atoms with Gasteiger partial charge in [0.05, 0.1) is 23.5 Å². The van der Waals surface area contributed by atoms with Crippen LogP contribution < -0.4 is 4.74 Å². The van der Waals surface area contributed by atoms with E-state index < -0.39 is 9.84 Å². The van der Waals surface area contributed by atoms with Gasteiger partial charge in [-0.25, -0.2) is 8.42 Å². The SMILES string of the molecule is COc1ccc(C=C2SC(=S)N(CCC(=O)N(Cc3ccc(C)cc3)C3CCS(=O)(=O)C3)C2=O)cc1. The van der Waals surface area contributed by atoms with Crippen LogP contribution in [0.4, 0.5) is 0 Å². The molecule has 0 aromatic heterocycles. The Labute approximate surface area is 221 Å². The smallest absolute Gasteiger partial charge is 0.266 e. The molecule has 2 amide bonds. The van der Waals surface area contributed by atoms with Gasteiger partial charge in [0.15, 0.2) is 9.84 Å². The standard InChI is InChI=1S/C26H28N2O5S3/c1-18-3-5-20(6-4-18)16-28(21-12-14-36(31,32)17-21)24(29)11-13-27-25(30)23(35-26(27)34)15-19-7-9-22(33-2)10-8-19/h3-10,15,21H,11-14,16-17H2,1-2H3. The first-order valence-electron chi connectivity index (χ1n) is 11.6. The number of thiocarbonyl (C=S) groups is 1. The Hall–Kier alpha value is -2.69. The van der Waals surface area contributed by atoms with Gasteiger partial charge in [0.25, 0.3) is 5.91 Å². The molecule has 0 N–H and O–H groups in total. The van der Waals surface area contributed by atoms with Crippen LogP contribution in [0.25, 0.3) is 6.08 Å². The lowest BCUT2D eigenvalue weighted by molar-refractivity contribution is -0.134. The molecule has 4 rings (SSSR count). The summed E-state index contributed by atoms with van der Waals surface area (Å²) in [6.45, 7) is 2.46. The fourth-order valence-corrected chi connectivity index (χ4v) is 7.27. The van der Waals surface area contributed by atoms with E-state index in [4.69, 9.17) is 17.0 Å². The van der Waals surface area contributed by atoms with E-state index in [1.807, 2.05) is 55.5 Å². The van der Waals surface area contributed by atoms with Gasteiger partial charge in [-0.1, -0.05) is 65.9 Å². The fourth-order valence-electron chi connectivity index (χ4n) is 4.23. The summed E-state index contributed by atoms with van der Waals surface area (Å²) in [5, 5.41) is 0. The second-order valence-corrected chi connectivity index (χ2v) is 12.8. The lowest BCUT2D eigenvalue weighted by Gasteiger charge is -2.29. The Bertz CT molecular complexity index is 1290. The third kappa shape index (κ3) is 6.35. The van der Waals surface area contributed by atoms with E-state index in [-0.39, 0.29) is 42.3 Å². The van der Waals surface area contributed by atoms with Crippen LogP contribution in [0.5, 0.6) is 5.75 Å². The molecule has 1 atom stereocenters. The monoisotopic (exact) mass is 544 g/mol. The largest absolute Gasteiger partial charge is 0.497 e. The maximum absolute atomic E-state index is 13.3. The molecular weight excluding hydrogens is 516 g/mol. The van der Waals surface area contributed by atoms with Crippen molar-refractivity contribution in [2.24, 2.45) is 0 Å². The quantitative estimate of drug-likeness (QED) is 0.369. The van der Waals surface area contributed by atoms with E-state index in [0.717, 1.165) is 22.4 Å². The van der Waals surface area contributed by atoms with E-state index in [1.165, 1.54) is 16.7 Å². The number of methoxy groups -OCH3 is 1. The number of carbonyl (C=O) groups is 2. The minimum absolute atomic E-state index is 0.0315. The topological polar surface area (TPSA) is 84.0 Å². The van der Waals surface area contributed by atoms with Crippen molar-refractivity contribution >= 4 is 56.0 Å². The summed E-state index contributed by atoms with van der Waals surface area (Å²) in [4.78, 5) is 29.9. The molecule has 2 fully saturated rings. The van der Waals surface area contributed by atoms with E-state index >= 15 is 0 Å². The number of amides is 2. The maximum Gasteiger partial charge on any atom is 0.266 e. The predicted molar refractivity (Wildman–Crippen MR) is 146 cm³/mol. The average Bonchev–Trinajstić information content (AvgIpc) is 3.34. The first-order valence-corrected chi connectivity index (χ1v) is 14.6. The van der Waals surface area contributed by atoms with Crippen molar-refractivity contribution in [3.63, 3.8) is 0 Å². The molecule has 10 heteroatoms. The van der Waals surface area contributed by atoms with Crippen molar-refractivity contribution in [3.05, 3.63) is 70.1 Å². The molecule has 36 heavy (non-hydrogen) atoms. The first-order chi connectivity index (χ1) is 17.1. The van der Waals surface area contributed by atoms with Gasteiger partial charge in [-0.05, 0) is 42.7 Å². The molecule has 2 saturated heterocycles. The van der Waals surface area contributed by atoms with Crippen LogP contribution in [0.3, 0.4) is 0 Å². The zero-order valence-electron chi connectivity index (χ0n) is 20.2. The number of ether oxygens (including phenoxy) is 1. The van der Waals surface area contributed by atoms with E-state index in [2.05, 4.69) is 0 Å². The molecule has 0 saturated carbocycles. The van der Waals surface area contributed by atoms with Crippen molar-refractivity contribution in [1.29, 1.82) is 0 Å². The molecule has 190 valence electrons. The number of thioether (sulfide) groups is 1. The second kappa shape index (κ2) is 11.1. The molecule has 0 bridgehead atoms. The maximum atomic E-state index is 13.3. The number of rotatable bonds is 8. The van der Waals surface area contributed by atoms with Crippen molar-refractivity contribution in [2.75, 3.05) is 25.2 Å². The summed E-state index contributed by atoms with van der Waals surface area (Å²) in [7, 11) is -1.57. The number of aryl methyl sites for hydroxylation is 1. The highest BCUT2D eigenvalue weighted by atomic mass is 32.2. The molecule has 2 heterocycles. The Morgan fingerprint density at radius 2 is 1.89 bits per heavy atom. The van der Waals surface area contributed by atoms with Crippen LogP contribution in [-0.2, 0) is 26.0 Å². The zero-order chi connectivity index (χ0) is 25.9. The summed E-state index contributed by atoms with van der Waals surface area (Å²) < 4.78 is 29.8. The molecule has 0 spiro atoms. The van der Waals surface area contributed by atoms with Crippen molar-refractivity contribution in [3.8, 4) is 5.75 Å². The first kappa shape index (κ1) is 26.4. The van der Waals surface area contributed by atoms with E-state index in [1.54, 1.807) is 18.1 Å². The summed E-state index contributed by atoms with van der Waals surface area (Å²) in [6, 6.07) is 14.8. The van der Waals surface area contributed by atoms with Crippen LogP contribution in [0, 0.1) is 6.92 Å². The molecule has 7 nitrogen and oxygen atoms in total. The van der Waals surface area contributed by atoms with Crippen LogP contribution in [-0.4, -0.2) is 65.6 Å². The van der Waals surface area contributed by atoms with Gasteiger partial charge in [-0.2, -0.15) is 0 Å². The van der Waals surface area contributed by atoms with Crippen molar-refractivity contribution in [2.45, 2.75) is 32.4 Å². The van der Waals surface area contributed by atoms with Crippen molar-refractivity contribution in [1.82, 2.24) is 9.80 Å². The molecule has 2 aromatic carbocycles. The highest BCUT2D eigenvalue weighted by Crippen LogP contribution is 2.33. The highest BCUT2D eigenvalue weighted by Gasteiger charge is 2.36. The summed E-state index contributed by atoms with van der Waals surface area (Å²) >= 11 is 6.63. The molecule has 2 aliphatic rings. The molecule has 2 aromatic rings. The lowest BCUT2D eigenvalue weighted by atomic mass is 10.1. The van der Waals surface area contributed by atoms with Gasteiger partial charge in [-0.15, -0.1) is 0 Å². The number of carbonyl (C=O) groups excluding carboxylic acids is 2. The molecule has 1 unspecified atom stereocenters. The minimum atomic E-state index is -3.16. The third-order valence-electron chi connectivity index (χ3n) is 6.28. The molecule has 0 aliphatic carbocycles. The minimum Gasteiger partial charge on any atom is -0.497 e.